The van der Waals surface area contributed by atoms with E-state index in [-0.39, 0.29) is 6.54 Å². The molecule has 0 heterocycles. The van der Waals surface area contributed by atoms with Gasteiger partial charge in [0, 0.05) is 12.6 Å². The van der Waals surface area contributed by atoms with Crippen molar-refractivity contribution in [1.29, 1.82) is 0 Å². The summed E-state index contributed by atoms with van der Waals surface area (Å²) < 4.78 is 50.8. The number of amides is 2. The van der Waals surface area contributed by atoms with Gasteiger partial charge in [0.2, 0.25) is 31.9 Å². The molecule has 0 spiro atoms. The number of hydrogen-bond acceptors (Lipinski definition) is 6. The first-order chi connectivity index (χ1) is 16.2. The van der Waals surface area contributed by atoms with Crippen LogP contribution in [0.15, 0.2) is 48.5 Å². The Morgan fingerprint density at radius 3 is 1.49 bits per heavy atom. The highest BCUT2D eigenvalue weighted by atomic mass is 32.2. The summed E-state index contributed by atoms with van der Waals surface area (Å²) in [7, 11) is -7.40. The highest BCUT2D eigenvalue weighted by Crippen LogP contribution is 2.19. The molecule has 0 aliphatic heterocycles. The average molecular weight is 525 g/mol. The average Bonchev–Trinajstić information content (AvgIpc) is 2.74. The number of benzene rings is 2. The van der Waals surface area contributed by atoms with Crippen molar-refractivity contribution in [2.75, 3.05) is 40.8 Å². The third-order valence-electron chi connectivity index (χ3n) is 5.03. The van der Waals surface area contributed by atoms with Gasteiger partial charge in [0.05, 0.1) is 23.9 Å². The predicted molar refractivity (Wildman–Crippen MR) is 137 cm³/mol. The van der Waals surface area contributed by atoms with Crippen LogP contribution in [0.5, 0.6) is 0 Å². The molecule has 0 aliphatic carbocycles. The highest BCUT2D eigenvalue weighted by molar-refractivity contribution is 7.92. The van der Waals surface area contributed by atoms with E-state index < -0.39 is 51.0 Å². The van der Waals surface area contributed by atoms with Crippen LogP contribution in [-0.2, 0) is 29.6 Å². The number of hydrogen-bond donors (Lipinski definition) is 2. The van der Waals surface area contributed by atoms with E-state index in [1.807, 2.05) is 13.8 Å². The number of carbonyl (C=O) groups is 2. The Bertz CT molecular complexity index is 1240. The molecule has 1 unspecified atom stereocenters. The maximum absolute atomic E-state index is 12.5. The Morgan fingerprint density at radius 1 is 0.743 bits per heavy atom. The lowest BCUT2D eigenvalue weighted by Gasteiger charge is -2.24. The molecular formula is C23H32N4O6S2. The fourth-order valence-electron chi connectivity index (χ4n) is 3.18. The van der Waals surface area contributed by atoms with E-state index in [4.69, 9.17) is 0 Å². The SMILES string of the molecule is Cc1ccc(N(CC(=O)NCC(C)NC(=O)CN(c2ccc(C)cc2)S(C)(=O)=O)S(C)(=O)=O)cc1. The van der Waals surface area contributed by atoms with Crippen LogP contribution in [0.25, 0.3) is 0 Å². The Labute approximate surface area is 207 Å². The first-order valence-corrected chi connectivity index (χ1v) is 14.5. The lowest BCUT2D eigenvalue weighted by molar-refractivity contribution is -0.122. The van der Waals surface area contributed by atoms with Gasteiger partial charge in [-0.2, -0.15) is 0 Å². The van der Waals surface area contributed by atoms with Gasteiger partial charge in [0.25, 0.3) is 0 Å². The molecule has 2 rings (SSSR count). The molecule has 2 amide bonds. The standard InChI is InChI=1S/C23H32N4O6S2/c1-17-6-10-20(11-7-17)26(34(4,30)31)15-22(28)24-14-19(3)25-23(29)16-27(35(5,32)33)21-12-8-18(2)9-13-21/h6-13,19H,14-16H2,1-5H3,(H,24,28)(H,25,29). The summed E-state index contributed by atoms with van der Waals surface area (Å²) in [6.45, 7) is 4.57. The summed E-state index contributed by atoms with van der Waals surface area (Å²) >= 11 is 0. The zero-order chi connectivity index (χ0) is 26.4. The molecule has 2 N–H and O–H groups in total. The fourth-order valence-corrected chi connectivity index (χ4v) is 4.89. The third kappa shape index (κ3) is 8.87. The van der Waals surface area contributed by atoms with Gasteiger partial charge in [-0.25, -0.2) is 16.8 Å². The van der Waals surface area contributed by atoms with Crippen LogP contribution in [0.3, 0.4) is 0 Å². The first-order valence-electron chi connectivity index (χ1n) is 10.8. The normalized spacial score (nSPS) is 12.5. The van der Waals surface area contributed by atoms with Crippen LogP contribution in [0.1, 0.15) is 18.1 Å². The number of anilines is 2. The molecule has 1 atom stereocenters. The maximum Gasteiger partial charge on any atom is 0.241 e. The largest absolute Gasteiger partial charge is 0.352 e. The molecule has 12 heteroatoms. The van der Waals surface area contributed by atoms with E-state index in [0.717, 1.165) is 32.2 Å². The van der Waals surface area contributed by atoms with Gasteiger partial charge in [0.15, 0.2) is 0 Å². The van der Waals surface area contributed by atoms with Gasteiger partial charge in [-0.15, -0.1) is 0 Å². The Kier molecular flexibility index (Phi) is 9.27. The van der Waals surface area contributed by atoms with Crippen molar-refractivity contribution in [3.05, 3.63) is 59.7 Å². The van der Waals surface area contributed by atoms with Gasteiger partial charge in [-0.1, -0.05) is 35.4 Å². The molecule has 0 saturated heterocycles. The molecule has 2 aromatic rings. The number of aryl methyl sites for hydroxylation is 2. The first kappa shape index (κ1) is 28.1. The van der Waals surface area contributed by atoms with Crippen molar-refractivity contribution < 1.29 is 26.4 Å². The molecule has 0 aliphatic rings. The molecule has 2 aromatic carbocycles. The lowest BCUT2D eigenvalue weighted by atomic mass is 10.2. The van der Waals surface area contributed by atoms with Crippen molar-refractivity contribution in [2.24, 2.45) is 0 Å². The quantitative estimate of drug-likeness (QED) is 0.453. The second-order valence-electron chi connectivity index (χ2n) is 8.48. The predicted octanol–water partition coefficient (Wildman–Crippen LogP) is 1.16. The van der Waals surface area contributed by atoms with Gasteiger partial charge >= 0.3 is 0 Å². The van der Waals surface area contributed by atoms with Crippen molar-refractivity contribution in [3.8, 4) is 0 Å². The number of sulfonamides is 2. The molecule has 0 bridgehead atoms. The van der Waals surface area contributed by atoms with E-state index in [1.165, 1.54) is 0 Å². The topological polar surface area (TPSA) is 133 Å². The van der Waals surface area contributed by atoms with E-state index in [1.54, 1.807) is 55.5 Å². The maximum atomic E-state index is 12.5. The smallest absolute Gasteiger partial charge is 0.241 e. The van der Waals surface area contributed by atoms with Gasteiger partial charge in [-0.3, -0.25) is 18.2 Å². The van der Waals surface area contributed by atoms with E-state index in [0.29, 0.717) is 11.4 Å². The summed E-state index contributed by atoms with van der Waals surface area (Å²) in [6, 6.07) is 12.9. The second kappa shape index (κ2) is 11.5. The highest BCUT2D eigenvalue weighted by Gasteiger charge is 2.23. The molecular weight excluding hydrogens is 492 g/mol. The fraction of sp³-hybridized carbons (Fsp3) is 0.391. The number of nitrogens with zero attached hydrogens (tertiary/aromatic N) is 2. The van der Waals surface area contributed by atoms with Crippen LogP contribution < -0.4 is 19.2 Å². The van der Waals surface area contributed by atoms with E-state index in [2.05, 4.69) is 10.6 Å². The molecule has 0 radical (unpaired) electrons. The summed E-state index contributed by atoms with van der Waals surface area (Å²) in [5.41, 5.74) is 2.64. The molecule has 0 aromatic heterocycles. The summed E-state index contributed by atoms with van der Waals surface area (Å²) in [6.07, 6.45) is 2.04. The molecule has 0 saturated carbocycles. The van der Waals surface area contributed by atoms with Gasteiger partial charge in [0.1, 0.15) is 13.1 Å². The summed E-state index contributed by atoms with van der Waals surface area (Å²) in [5.74, 6) is -1.09. The van der Waals surface area contributed by atoms with Crippen LogP contribution in [0.2, 0.25) is 0 Å². The Balaban J connectivity index is 1.95. The van der Waals surface area contributed by atoms with Gasteiger partial charge < -0.3 is 10.6 Å². The van der Waals surface area contributed by atoms with Crippen LogP contribution in [-0.4, -0.2) is 66.8 Å². The summed E-state index contributed by atoms with van der Waals surface area (Å²) in [5, 5.41) is 5.25. The Hall–Kier alpha value is -3.12. The van der Waals surface area contributed by atoms with Crippen molar-refractivity contribution in [1.82, 2.24) is 10.6 Å². The number of carbonyl (C=O) groups excluding carboxylic acids is 2. The van der Waals surface area contributed by atoms with Crippen LogP contribution >= 0.6 is 0 Å². The molecule has 192 valence electrons. The second-order valence-corrected chi connectivity index (χ2v) is 12.3. The lowest BCUT2D eigenvalue weighted by Crippen LogP contribution is -2.48. The number of rotatable bonds is 11. The van der Waals surface area contributed by atoms with Crippen molar-refractivity contribution >= 4 is 43.2 Å². The Morgan fingerprint density at radius 2 is 1.11 bits per heavy atom. The monoisotopic (exact) mass is 524 g/mol. The minimum absolute atomic E-state index is 0.0273. The zero-order valence-corrected chi connectivity index (χ0v) is 22.1. The van der Waals surface area contributed by atoms with Gasteiger partial charge in [-0.05, 0) is 45.0 Å². The molecule has 35 heavy (non-hydrogen) atoms. The van der Waals surface area contributed by atoms with Crippen molar-refractivity contribution in [2.45, 2.75) is 26.8 Å². The summed E-state index contributed by atoms with van der Waals surface area (Å²) in [4.78, 5) is 24.9. The van der Waals surface area contributed by atoms with E-state index >= 15 is 0 Å². The van der Waals surface area contributed by atoms with Crippen LogP contribution in [0, 0.1) is 13.8 Å². The molecule has 0 fully saturated rings. The minimum Gasteiger partial charge on any atom is -0.352 e. The van der Waals surface area contributed by atoms with Crippen molar-refractivity contribution in [3.63, 3.8) is 0 Å². The van der Waals surface area contributed by atoms with Crippen LogP contribution in [0.4, 0.5) is 11.4 Å². The van der Waals surface area contributed by atoms with E-state index in [9.17, 15) is 26.4 Å². The minimum atomic E-state index is -3.70. The zero-order valence-electron chi connectivity index (χ0n) is 20.5. The third-order valence-corrected chi connectivity index (χ3v) is 7.31. The molecule has 10 nitrogen and oxygen atoms in total. The number of nitrogens with one attached hydrogen (secondary N) is 2.